The number of esters is 1. The second-order valence-electron chi connectivity index (χ2n) is 7.21. The molecule has 174 valence electrons. The van der Waals surface area contributed by atoms with Crippen LogP contribution in [-0.2, 0) is 25.3 Å². The van der Waals surface area contributed by atoms with E-state index in [2.05, 4.69) is 4.98 Å². The van der Waals surface area contributed by atoms with Gasteiger partial charge >= 0.3 is 5.97 Å². The molecule has 0 aliphatic carbocycles. The van der Waals surface area contributed by atoms with Crippen LogP contribution in [0.5, 0.6) is 5.88 Å². The molecule has 0 spiro atoms. The number of benzene rings is 1. The fourth-order valence-electron chi connectivity index (χ4n) is 3.26. The van der Waals surface area contributed by atoms with Crippen LogP contribution in [0.2, 0.25) is 0 Å². The first-order valence-corrected chi connectivity index (χ1v) is 11.5. The van der Waals surface area contributed by atoms with Crippen molar-refractivity contribution in [2.24, 2.45) is 5.92 Å². The first-order valence-electron chi connectivity index (χ1n) is 9.87. The van der Waals surface area contributed by atoms with E-state index in [1.165, 1.54) is 31.4 Å². The van der Waals surface area contributed by atoms with Gasteiger partial charge in [-0.05, 0) is 30.7 Å². The van der Waals surface area contributed by atoms with Crippen molar-refractivity contribution in [2.45, 2.75) is 12.7 Å². The number of halogens is 1. The van der Waals surface area contributed by atoms with E-state index in [-0.39, 0.29) is 48.1 Å². The molecule has 2 heterocycles. The van der Waals surface area contributed by atoms with E-state index in [0.717, 1.165) is 6.07 Å². The van der Waals surface area contributed by atoms with Crippen LogP contribution in [-0.4, -0.2) is 52.1 Å². The second kappa shape index (κ2) is 9.83. The van der Waals surface area contributed by atoms with Gasteiger partial charge in [0.15, 0.2) is 5.82 Å². The van der Waals surface area contributed by atoms with Gasteiger partial charge in [-0.2, -0.15) is 10.2 Å². The summed E-state index contributed by atoms with van der Waals surface area (Å²) in [5.41, 5.74) is 0.288. The molecule has 1 aliphatic heterocycles. The van der Waals surface area contributed by atoms with Crippen LogP contribution in [0.3, 0.4) is 0 Å². The van der Waals surface area contributed by atoms with E-state index in [4.69, 9.17) is 9.47 Å². The molecular formula is C21H21FN4O6S. The third kappa shape index (κ3) is 5.56. The summed E-state index contributed by atoms with van der Waals surface area (Å²) in [7, 11) is -2.71. The molecule has 1 aromatic carbocycles. The number of nitrogens with zero attached hydrogens (tertiary/aromatic N) is 3. The van der Waals surface area contributed by atoms with Gasteiger partial charge in [0.1, 0.15) is 17.4 Å². The van der Waals surface area contributed by atoms with Gasteiger partial charge in [-0.3, -0.25) is 9.52 Å². The van der Waals surface area contributed by atoms with Crippen molar-refractivity contribution >= 4 is 27.7 Å². The zero-order valence-corrected chi connectivity index (χ0v) is 18.7. The lowest BCUT2D eigenvalue weighted by Crippen LogP contribution is -2.55. The first-order chi connectivity index (χ1) is 15.7. The number of pyridine rings is 1. The Morgan fingerprint density at radius 1 is 1.33 bits per heavy atom. The number of carbonyl (C=O) groups excluding carboxylic acids is 2. The summed E-state index contributed by atoms with van der Waals surface area (Å²) in [4.78, 5) is 30.3. The smallest absolute Gasteiger partial charge is 0.343 e. The van der Waals surface area contributed by atoms with E-state index in [1.54, 1.807) is 11.8 Å². The van der Waals surface area contributed by atoms with Gasteiger partial charge in [0.25, 0.3) is 0 Å². The molecule has 33 heavy (non-hydrogen) atoms. The summed E-state index contributed by atoms with van der Waals surface area (Å²) in [6.45, 7) is 1.98. The Hall–Kier alpha value is -3.72. The zero-order valence-electron chi connectivity index (χ0n) is 17.9. The highest BCUT2D eigenvalue weighted by Crippen LogP contribution is 2.31. The second-order valence-corrected chi connectivity index (χ2v) is 8.93. The van der Waals surface area contributed by atoms with Crippen LogP contribution < -0.4 is 14.4 Å². The highest BCUT2D eigenvalue weighted by Gasteiger charge is 2.37. The molecule has 0 unspecified atom stereocenters. The largest absolute Gasteiger partial charge is 0.480 e. The first kappa shape index (κ1) is 23.9. The summed E-state index contributed by atoms with van der Waals surface area (Å²) in [5.74, 6) is -3.02. The Bertz CT molecular complexity index is 1220. The predicted octanol–water partition coefficient (Wildman–Crippen LogP) is 1.36. The summed E-state index contributed by atoms with van der Waals surface area (Å²) >= 11 is 0. The third-order valence-electron chi connectivity index (χ3n) is 4.83. The van der Waals surface area contributed by atoms with Crippen molar-refractivity contribution < 1.29 is 31.9 Å². The Labute approximate surface area is 190 Å². The van der Waals surface area contributed by atoms with E-state index >= 15 is 0 Å². The van der Waals surface area contributed by atoms with E-state index in [1.807, 2.05) is 10.8 Å². The van der Waals surface area contributed by atoms with Crippen LogP contribution >= 0.6 is 0 Å². The predicted molar refractivity (Wildman–Crippen MR) is 114 cm³/mol. The van der Waals surface area contributed by atoms with Crippen LogP contribution in [0, 0.1) is 23.1 Å². The molecule has 1 N–H and O–H groups in total. The minimum Gasteiger partial charge on any atom is -0.480 e. The number of anilines is 1. The SMILES string of the molecule is CCOC(=O)c1cc(C#N)c(N2CC(C(=O)NS(=O)(=O)Cc3cccc(F)c3)C2)nc1OC. The molecule has 3 rings (SSSR count). The van der Waals surface area contributed by atoms with Crippen molar-refractivity contribution in [1.29, 1.82) is 5.26 Å². The molecule has 0 saturated carbocycles. The number of aromatic nitrogens is 1. The lowest BCUT2D eigenvalue weighted by Gasteiger charge is -2.39. The topological polar surface area (TPSA) is 139 Å². The molecule has 1 amide bonds. The number of ether oxygens (including phenoxy) is 2. The van der Waals surface area contributed by atoms with Gasteiger partial charge in [-0.25, -0.2) is 17.6 Å². The number of sulfonamides is 1. The summed E-state index contributed by atoms with van der Waals surface area (Å²) in [6.07, 6.45) is 0. The average Bonchev–Trinajstić information content (AvgIpc) is 2.71. The maximum absolute atomic E-state index is 13.3. The molecule has 1 saturated heterocycles. The molecular weight excluding hydrogens is 455 g/mol. The monoisotopic (exact) mass is 476 g/mol. The van der Waals surface area contributed by atoms with E-state index < -0.39 is 39.4 Å². The van der Waals surface area contributed by atoms with Crippen LogP contribution in [0.25, 0.3) is 0 Å². The van der Waals surface area contributed by atoms with Crippen LogP contribution in [0.4, 0.5) is 10.2 Å². The van der Waals surface area contributed by atoms with Crippen molar-refractivity contribution in [1.82, 2.24) is 9.71 Å². The maximum atomic E-state index is 13.3. The fourth-order valence-corrected chi connectivity index (χ4v) is 4.42. The molecule has 2 aromatic rings. The van der Waals surface area contributed by atoms with Gasteiger partial charge in [0.2, 0.25) is 21.8 Å². The quantitative estimate of drug-likeness (QED) is 0.560. The Morgan fingerprint density at radius 3 is 2.67 bits per heavy atom. The Balaban J connectivity index is 1.68. The molecule has 1 aromatic heterocycles. The van der Waals surface area contributed by atoms with Crippen molar-refractivity contribution in [2.75, 3.05) is 31.7 Å². The fraction of sp³-hybridized carbons (Fsp3) is 0.333. The highest BCUT2D eigenvalue weighted by atomic mass is 32.2. The lowest BCUT2D eigenvalue weighted by atomic mass is 9.98. The minimum atomic E-state index is -4.02. The maximum Gasteiger partial charge on any atom is 0.343 e. The number of hydrogen-bond donors (Lipinski definition) is 1. The van der Waals surface area contributed by atoms with Crippen molar-refractivity contribution in [3.05, 3.63) is 52.8 Å². The van der Waals surface area contributed by atoms with Gasteiger partial charge in [0.05, 0.1) is 31.0 Å². The van der Waals surface area contributed by atoms with Crippen LogP contribution in [0.1, 0.15) is 28.4 Å². The Morgan fingerprint density at radius 2 is 2.06 bits per heavy atom. The van der Waals surface area contributed by atoms with Crippen molar-refractivity contribution in [3.63, 3.8) is 0 Å². The number of nitrogens with one attached hydrogen (secondary N) is 1. The minimum absolute atomic E-state index is 0.00194. The van der Waals surface area contributed by atoms with Gasteiger partial charge in [-0.15, -0.1) is 0 Å². The normalized spacial score (nSPS) is 13.6. The number of methoxy groups -OCH3 is 1. The Kier molecular flexibility index (Phi) is 7.13. The average molecular weight is 476 g/mol. The van der Waals surface area contributed by atoms with Crippen molar-refractivity contribution in [3.8, 4) is 11.9 Å². The molecule has 0 atom stereocenters. The molecule has 10 nitrogen and oxygen atoms in total. The van der Waals surface area contributed by atoms with E-state index in [0.29, 0.717) is 0 Å². The molecule has 0 radical (unpaired) electrons. The summed E-state index contributed by atoms with van der Waals surface area (Å²) < 4.78 is 49.9. The number of nitriles is 1. The van der Waals surface area contributed by atoms with Crippen LogP contribution in [0.15, 0.2) is 30.3 Å². The molecule has 12 heteroatoms. The lowest BCUT2D eigenvalue weighted by molar-refractivity contribution is -0.123. The van der Waals surface area contributed by atoms with E-state index in [9.17, 15) is 27.7 Å². The molecule has 1 aliphatic rings. The number of carbonyl (C=O) groups is 2. The highest BCUT2D eigenvalue weighted by molar-refractivity contribution is 7.89. The van der Waals surface area contributed by atoms with Gasteiger partial charge in [-0.1, -0.05) is 12.1 Å². The zero-order chi connectivity index (χ0) is 24.2. The number of amides is 1. The standard InChI is InChI=1S/C21H21FN4O6S/c1-3-32-21(28)17-8-14(9-23)18(24-20(17)31-2)26-10-15(11-26)19(27)25-33(29,30)12-13-5-4-6-16(22)7-13/h4-8,15H,3,10-12H2,1-2H3,(H,25,27). The van der Waals surface area contributed by atoms with Gasteiger partial charge < -0.3 is 14.4 Å². The third-order valence-corrected chi connectivity index (χ3v) is 6.06. The summed E-state index contributed by atoms with van der Waals surface area (Å²) in [6, 6.07) is 8.35. The summed E-state index contributed by atoms with van der Waals surface area (Å²) in [5, 5.41) is 9.48. The van der Waals surface area contributed by atoms with Gasteiger partial charge in [0, 0.05) is 13.1 Å². The molecule has 0 bridgehead atoms. The molecule has 1 fully saturated rings. The number of hydrogen-bond acceptors (Lipinski definition) is 9. The number of rotatable bonds is 8.